The summed E-state index contributed by atoms with van der Waals surface area (Å²) in [4.78, 5) is 2.51. The fourth-order valence-electron chi connectivity index (χ4n) is 2.94. The van der Waals surface area contributed by atoms with Gasteiger partial charge in [-0.25, -0.2) is 0 Å². The molecule has 21 heavy (non-hydrogen) atoms. The molecule has 0 bridgehead atoms. The van der Waals surface area contributed by atoms with E-state index < -0.39 is 0 Å². The van der Waals surface area contributed by atoms with E-state index in [-0.39, 0.29) is 5.54 Å². The minimum absolute atomic E-state index is 0.161. The summed E-state index contributed by atoms with van der Waals surface area (Å²) in [6, 6.07) is 7.56. The average Bonchev–Trinajstić information content (AvgIpc) is 2.92. The molecule has 1 aliphatic rings. The molecule has 1 saturated carbocycles. The molecule has 1 fully saturated rings. The predicted octanol–water partition coefficient (Wildman–Crippen LogP) is 4.71. The van der Waals surface area contributed by atoms with Crippen LogP contribution in [0, 0.1) is 0 Å². The van der Waals surface area contributed by atoms with E-state index in [2.05, 4.69) is 72.2 Å². The van der Waals surface area contributed by atoms with E-state index in [1.165, 1.54) is 41.3 Å². The summed E-state index contributed by atoms with van der Waals surface area (Å²) in [5, 5.41) is 3.54. The third kappa shape index (κ3) is 5.39. The summed E-state index contributed by atoms with van der Waals surface area (Å²) in [5.74, 6) is 0. The van der Waals surface area contributed by atoms with E-state index in [0.717, 1.165) is 19.1 Å². The summed E-state index contributed by atoms with van der Waals surface area (Å²) in [5.41, 5.74) is 2.89. The second kappa shape index (κ2) is 7.26. The fraction of sp³-hybridized carbons (Fsp3) is 0.667. The molecule has 0 aromatic heterocycles. The van der Waals surface area contributed by atoms with Crippen molar-refractivity contribution < 1.29 is 0 Å². The number of nitrogens with zero attached hydrogens (tertiary/aromatic N) is 1. The lowest BCUT2D eigenvalue weighted by Gasteiger charge is -2.25. The Hall–Kier alpha value is -0.380. The molecule has 0 heterocycles. The Kier molecular flexibility index (Phi) is 5.87. The van der Waals surface area contributed by atoms with Gasteiger partial charge in [-0.1, -0.05) is 40.9 Å². The van der Waals surface area contributed by atoms with Crippen LogP contribution in [-0.2, 0) is 13.1 Å². The SMILES string of the molecule is CN(Cc1ccc(CNC(C)(C)C)cc1Br)C1CCCC1. The summed E-state index contributed by atoms with van der Waals surface area (Å²) < 4.78 is 1.24. The van der Waals surface area contributed by atoms with E-state index >= 15 is 0 Å². The third-order valence-electron chi connectivity index (χ3n) is 4.31. The standard InChI is InChI=1S/C18H29BrN2/c1-18(2,3)20-12-14-9-10-15(17(19)11-14)13-21(4)16-7-5-6-8-16/h9-11,16,20H,5-8,12-13H2,1-4H3. The highest BCUT2D eigenvalue weighted by Gasteiger charge is 2.20. The van der Waals surface area contributed by atoms with Crippen molar-refractivity contribution in [2.24, 2.45) is 0 Å². The topological polar surface area (TPSA) is 15.3 Å². The van der Waals surface area contributed by atoms with Crippen LogP contribution in [0.4, 0.5) is 0 Å². The second-order valence-corrected chi connectivity index (χ2v) is 8.24. The van der Waals surface area contributed by atoms with Gasteiger partial charge >= 0.3 is 0 Å². The van der Waals surface area contributed by atoms with Gasteiger partial charge in [0.2, 0.25) is 0 Å². The van der Waals surface area contributed by atoms with Crippen molar-refractivity contribution in [3.8, 4) is 0 Å². The number of halogens is 1. The van der Waals surface area contributed by atoms with E-state index in [1.54, 1.807) is 0 Å². The molecule has 3 heteroatoms. The van der Waals surface area contributed by atoms with E-state index in [9.17, 15) is 0 Å². The molecule has 1 N–H and O–H groups in total. The van der Waals surface area contributed by atoms with Crippen molar-refractivity contribution in [1.29, 1.82) is 0 Å². The zero-order valence-electron chi connectivity index (χ0n) is 13.9. The smallest absolute Gasteiger partial charge is 0.0244 e. The van der Waals surface area contributed by atoms with Crippen molar-refractivity contribution in [3.63, 3.8) is 0 Å². The van der Waals surface area contributed by atoms with Gasteiger partial charge in [0, 0.05) is 29.1 Å². The van der Waals surface area contributed by atoms with Gasteiger partial charge in [-0.2, -0.15) is 0 Å². The molecule has 0 atom stereocenters. The number of benzene rings is 1. The minimum Gasteiger partial charge on any atom is -0.308 e. The van der Waals surface area contributed by atoms with Gasteiger partial charge in [0.05, 0.1) is 0 Å². The van der Waals surface area contributed by atoms with Crippen LogP contribution in [0.5, 0.6) is 0 Å². The van der Waals surface area contributed by atoms with Gasteiger partial charge in [0.1, 0.15) is 0 Å². The van der Waals surface area contributed by atoms with E-state index in [1.807, 2.05) is 0 Å². The molecule has 0 radical (unpaired) electrons. The third-order valence-corrected chi connectivity index (χ3v) is 5.05. The Labute approximate surface area is 138 Å². The van der Waals surface area contributed by atoms with E-state index in [4.69, 9.17) is 0 Å². The molecular weight excluding hydrogens is 324 g/mol. The number of nitrogens with one attached hydrogen (secondary N) is 1. The van der Waals surface area contributed by atoms with Crippen LogP contribution in [0.15, 0.2) is 22.7 Å². The quantitative estimate of drug-likeness (QED) is 0.825. The summed E-state index contributed by atoms with van der Waals surface area (Å²) in [6.45, 7) is 8.56. The predicted molar refractivity (Wildman–Crippen MR) is 94.5 cm³/mol. The van der Waals surface area contributed by atoms with Crippen molar-refractivity contribution in [1.82, 2.24) is 10.2 Å². The van der Waals surface area contributed by atoms with Crippen LogP contribution in [0.25, 0.3) is 0 Å². The van der Waals surface area contributed by atoms with Crippen LogP contribution in [-0.4, -0.2) is 23.5 Å². The summed E-state index contributed by atoms with van der Waals surface area (Å²) in [7, 11) is 2.26. The number of hydrogen-bond acceptors (Lipinski definition) is 2. The number of rotatable bonds is 5. The molecule has 0 unspecified atom stereocenters. The van der Waals surface area contributed by atoms with Gasteiger partial charge < -0.3 is 5.32 Å². The molecule has 2 nitrogen and oxygen atoms in total. The Bertz CT molecular complexity index is 459. The molecule has 118 valence electrons. The molecule has 2 rings (SSSR count). The molecule has 1 aromatic rings. The lowest BCUT2D eigenvalue weighted by molar-refractivity contribution is 0.237. The van der Waals surface area contributed by atoms with Gasteiger partial charge in [0.25, 0.3) is 0 Å². The van der Waals surface area contributed by atoms with Crippen LogP contribution in [0.1, 0.15) is 57.6 Å². The zero-order valence-corrected chi connectivity index (χ0v) is 15.5. The first-order chi connectivity index (χ1) is 9.85. The monoisotopic (exact) mass is 352 g/mol. The van der Waals surface area contributed by atoms with Crippen molar-refractivity contribution in [2.45, 2.75) is 71.1 Å². The normalized spacial score (nSPS) is 16.9. The Morgan fingerprint density at radius 3 is 2.48 bits per heavy atom. The highest BCUT2D eigenvalue weighted by atomic mass is 79.9. The van der Waals surface area contributed by atoms with Crippen molar-refractivity contribution >= 4 is 15.9 Å². The lowest BCUT2D eigenvalue weighted by Crippen LogP contribution is -2.35. The maximum absolute atomic E-state index is 3.75. The molecule has 0 saturated heterocycles. The van der Waals surface area contributed by atoms with Crippen LogP contribution >= 0.6 is 15.9 Å². The summed E-state index contributed by atoms with van der Waals surface area (Å²) >= 11 is 3.75. The first-order valence-electron chi connectivity index (χ1n) is 8.08. The van der Waals surface area contributed by atoms with Crippen LogP contribution < -0.4 is 5.32 Å². The first kappa shape index (κ1) is 17.0. The summed E-state index contributed by atoms with van der Waals surface area (Å²) in [6.07, 6.45) is 5.52. The maximum Gasteiger partial charge on any atom is 0.0244 e. The number of hydrogen-bond donors (Lipinski definition) is 1. The zero-order chi connectivity index (χ0) is 15.5. The van der Waals surface area contributed by atoms with Crippen LogP contribution in [0.3, 0.4) is 0 Å². The molecular formula is C18H29BrN2. The fourth-order valence-corrected chi connectivity index (χ4v) is 3.49. The Morgan fingerprint density at radius 1 is 1.24 bits per heavy atom. The molecule has 1 aliphatic carbocycles. The minimum atomic E-state index is 0.161. The molecule has 0 amide bonds. The Morgan fingerprint density at radius 2 is 1.90 bits per heavy atom. The molecule has 0 aliphatic heterocycles. The Balaban J connectivity index is 1.95. The van der Waals surface area contributed by atoms with Crippen LogP contribution in [0.2, 0.25) is 0 Å². The van der Waals surface area contributed by atoms with Gasteiger partial charge in [-0.3, -0.25) is 4.90 Å². The first-order valence-corrected chi connectivity index (χ1v) is 8.87. The largest absolute Gasteiger partial charge is 0.308 e. The highest BCUT2D eigenvalue weighted by Crippen LogP contribution is 2.26. The average molecular weight is 353 g/mol. The second-order valence-electron chi connectivity index (χ2n) is 7.38. The molecule has 0 spiro atoms. The van der Waals surface area contributed by atoms with Crippen molar-refractivity contribution in [3.05, 3.63) is 33.8 Å². The molecule has 1 aromatic carbocycles. The van der Waals surface area contributed by atoms with Crippen molar-refractivity contribution in [2.75, 3.05) is 7.05 Å². The van der Waals surface area contributed by atoms with E-state index in [0.29, 0.717) is 0 Å². The highest BCUT2D eigenvalue weighted by molar-refractivity contribution is 9.10. The maximum atomic E-state index is 3.75. The van der Waals surface area contributed by atoms with Gasteiger partial charge in [-0.05, 0) is 57.9 Å². The lowest BCUT2D eigenvalue weighted by atomic mass is 10.1. The van der Waals surface area contributed by atoms with Gasteiger partial charge in [-0.15, -0.1) is 0 Å². The van der Waals surface area contributed by atoms with Gasteiger partial charge in [0.15, 0.2) is 0 Å².